The van der Waals surface area contributed by atoms with Crippen LogP contribution >= 0.6 is 0 Å². The first-order chi connectivity index (χ1) is 15.5. The minimum Gasteiger partial charge on any atom is -0.378 e. The summed E-state index contributed by atoms with van der Waals surface area (Å²) in [5.74, 6) is 0. The monoisotopic (exact) mass is 426 g/mol. The lowest BCUT2D eigenvalue weighted by atomic mass is 10.0. The Morgan fingerprint density at radius 1 is 0.906 bits per heavy atom. The quantitative estimate of drug-likeness (QED) is 0.434. The number of anilines is 1. The lowest BCUT2D eigenvalue weighted by molar-refractivity contribution is 0.205. The number of para-hydroxylation sites is 1. The molecule has 164 valence electrons. The number of nitrogens with zero attached hydrogens (tertiary/aromatic N) is 5. The lowest BCUT2D eigenvalue weighted by Gasteiger charge is -2.43. The maximum Gasteiger partial charge on any atom is 0.151 e. The van der Waals surface area contributed by atoms with E-state index >= 15 is 0 Å². The maximum atomic E-state index is 4.81. The van der Waals surface area contributed by atoms with Crippen molar-refractivity contribution < 1.29 is 0 Å². The van der Waals surface area contributed by atoms with Crippen LogP contribution in [0.1, 0.15) is 0 Å². The van der Waals surface area contributed by atoms with E-state index in [1.807, 2.05) is 6.20 Å². The molecule has 0 spiro atoms. The van der Waals surface area contributed by atoms with Gasteiger partial charge < -0.3 is 9.47 Å². The van der Waals surface area contributed by atoms with Gasteiger partial charge in [0, 0.05) is 63.9 Å². The summed E-state index contributed by atoms with van der Waals surface area (Å²) in [6, 6.07) is 22.1. The molecule has 1 aliphatic heterocycles. The summed E-state index contributed by atoms with van der Waals surface area (Å²) in [6.07, 6.45) is 4.23. The number of aromatic nitrogens is 2. The summed E-state index contributed by atoms with van der Waals surface area (Å²) < 4.78 is 3.03. The Kier molecular flexibility index (Phi) is 5.24. The van der Waals surface area contributed by atoms with Gasteiger partial charge in [0.1, 0.15) is 24.4 Å². The standard InChI is InChI=1S/C27H32N5/c1-29(2)22-10-8-9-21(19-22)24-20-31(4)27-26(24)25(13-14-28-27)32(17-15-30(3)16-18-32)23-11-6-5-7-12-23/h5-14,19-20H,15-18H2,1-4H3/q+1. The average Bonchev–Trinajstić information content (AvgIpc) is 3.17. The van der Waals surface area contributed by atoms with E-state index in [2.05, 4.69) is 109 Å². The van der Waals surface area contributed by atoms with Gasteiger partial charge in [0.05, 0.1) is 5.39 Å². The van der Waals surface area contributed by atoms with Crippen LogP contribution in [0.4, 0.5) is 17.1 Å². The molecule has 5 heteroatoms. The number of quaternary nitrogens is 1. The molecule has 1 aliphatic rings. The van der Waals surface area contributed by atoms with E-state index < -0.39 is 0 Å². The van der Waals surface area contributed by atoms with Crippen molar-refractivity contribution in [3.8, 4) is 11.1 Å². The van der Waals surface area contributed by atoms with Gasteiger partial charge in [0.15, 0.2) is 5.69 Å². The van der Waals surface area contributed by atoms with Crippen LogP contribution in [0.15, 0.2) is 73.1 Å². The molecule has 32 heavy (non-hydrogen) atoms. The van der Waals surface area contributed by atoms with Gasteiger partial charge in [-0.2, -0.15) is 0 Å². The minimum atomic E-state index is 0.856. The molecule has 0 bridgehead atoms. The van der Waals surface area contributed by atoms with Gasteiger partial charge in [0.25, 0.3) is 0 Å². The molecular formula is C27H32N5+. The van der Waals surface area contributed by atoms with Crippen LogP contribution in [-0.4, -0.2) is 61.8 Å². The van der Waals surface area contributed by atoms with Crippen molar-refractivity contribution in [2.24, 2.45) is 7.05 Å². The number of aryl methyl sites for hydroxylation is 1. The predicted octanol–water partition coefficient (Wildman–Crippen LogP) is 4.89. The van der Waals surface area contributed by atoms with Crippen molar-refractivity contribution in [2.45, 2.75) is 0 Å². The van der Waals surface area contributed by atoms with Crippen LogP contribution in [0, 0.1) is 0 Å². The Morgan fingerprint density at radius 3 is 2.38 bits per heavy atom. The van der Waals surface area contributed by atoms with Gasteiger partial charge in [-0.1, -0.05) is 30.3 Å². The van der Waals surface area contributed by atoms with Crippen molar-refractivity contribution in [3.63, 3.8) is 0 Å². The Bertz CT molecular complexity index is 1230. The highest BCUT2D eigenvalue weighted by Gasteiger charge is 2.39. The van der Waals surface area contributed by atoms with Gasteiger partial charge in [0.2, 0.25) is 0 Å². The molecule has 0 radical (unpaired) electrons. The zero-order valence-electron chi connectivity index (χ0n) is 19.5. The zero-order valence-corrected chi connectivity index (χ0v) is 19.5. The van der Waals surface area contributed by atoms with E-state index in [1.54, 1.807) is 0 Å². The van der Waals surface area contributed by atoms with Crippen LogP contribution in [-0.2, 0) is 7.05 Å². The van der Waals surface area contributed by atoms with Crippen molar-refractivity contribution in [2.75, 3.05) is 52.2 Å². The number of fused-ring (bicyclic) bond motifs is 1. The van der Waals surface area contributed by atoms with Gasteiger partial charge in [-0.15, -0.1) is 0 Å². The predicted molar refractivity (Wildman–Crippen MR) is 136 cm³/mol. The highest BCUT2D eigenvalue weighted by atomic mass is 15.4. The second-order valence-electron chi connectivity index (χ2n) is 9.18. The fourth-order valence-corrected chi connectivity index (χ4v) is 5.07. The van der Waals surface area contributed by atoms with E-state index in [-0.39, 0.29) is 0 Å². The van der Waals surface area contributed by atoms with E-state index in [9.17, 15) is 0 Å². The smallest absolute Gasteiger partial charge is 0.151 e. The van der Waals surface area contributed by atoms with Crippen molar-refractivity contribution in [3.05, 3.63) is 73.1 Å². The third-order valence-corrected chi connectivity index (χ3v) is 6.95. The van der Waals surface area contributed by atoms with Crippen molar-refractivity contribution in [1.29, 1.82) is 0 Å². The molecule has 4 aromatic rings. The third-order valence-electron chi connectivity index (χ3n) is 6.95. The Labute approximate surface area is 190 Å². The molecular weight excluding hydrogens is 394 g/mol. The highest BCUT2D eigenvalue weighted by molar-refractivity contribution is 6.03. The number of hydrogen-bond acceptors (Lipinski definition) is 3. The fourth-order valence-electron chi connectivity index (χ4n) is 5.07. The average molecular weight is 427 g/mol. The molecule has 0 unspecified atom stereocenters. The topological polar surface area (TPSA) is 24.3 Å². The molecule has 1 saturated heterocycles. The first kappa shape index (κ1) is 20.7. The van der Waals surface area contributed by atoms with Crippen LogP contribution < -0.4 is 9.38 Å². The molecule has 5 nitrogen and oxygen atoms in total. The minimum absolute atomic E-state index is 0.856. The lowest BCUT2D eigenvalue weighted by Crippen LogP contribution is -2.56. The first-order valence-electron chi connectivity index (χ1n) is 11.3. The van der Waals surface area contributed by atoms with E-state index in [4.69, 9.17) is 4.98 Å². The van der Waals surface area contributed by atoms with E-state index in [0.717, 1.165) is 36.3 Å². The Morgan fingerprint density at radius 2 is 1.66 bits per heavy atom. The molecule has 2 aromatic heterocycles. The fraction of sp³-hybridized carbons (Fsp3) is 0.296. The first-order valence-corrected chi connectivity index (χ1v) is 11.3. The molecule has 5 rings (SSSR count). The second kappa shape index (κ2) is 8.08. The van der Waals surface area contributed by atoms with Gasteiger partial charge in [-0.3, -0.25) is 9.38 Å². The molecule has 0 aliphatic carbocycles. The number of likely N-dealkylation sites (N-methyl/N-ethyl adjacent to an activating group) is 1. The van der Waals surface area contributed by atoms with Crippen molar-refractivity contribution >= 4 is 28.1 Å². The number of hydrogen-bond donors (Lipinski definition) is 0. The number of rotatable bonds is 4. The summed E-state index contributed by atoms with van der Waals surface area (Å²) in [7, 11) is 8.51. The second-order valence-corrected chi connectivity index (χ2v) is 9.18. The molecule has 1 fully saturated rings. The molecule has 0 saturated carbocycles. The Hall–Kier alpha value is -3.15. The van der Waals surface area contributed by atoms with Gasteiger partial charge in [-0.25, -0.2) is 4.98 Å². The molecule has 2 aromatic carbocycles. The number of pyridine rings is 1. The van der Waals surface area contributed by atoms with Gasteiger partial charge in [-0.05, 0) is 36.9 Å². The van der Waals surface area contributed by atoms with Gasteiger partial charge >= 0.3 is 0 Å². The molecule has 0 amide bonds. The highest BCUT2D eigenvalue weighted by Crippen LogP contribution is 2.44. The van der Waals surface area contributed by atoms with Crippen LogP contribution in [0.25, 0.3) is 22.2 Å². The number of benzene rings is 2. The molecule has 0 atom stereocenters. The molecule has 0 N–H and O–H groups in total. The van der Waals surface area contributed by atoms with Crippen LogP contribution in [0.5, 0.6) is 0 Å². The summed E-state index contributed by atoms with van der Waals surface area (Å²) >= 11 is 0. The van der Waals surface area contributed by atoms with E-state index in [0.29, 0.717) is 0 Å². The maximum absolute atomic E-state index is 4.81. The summed E-state index contributed by atoms with van der Waals surface area (Å²) in [6.45, 7) is 4.23. The SMILES string of the molecule is CN1CC[N+](c2ccccc2)(c2ccnc3c2c(-c2cccc(N(C)C)c2)cn3C)CC1. The third kappa shape index (κ3) is 3.38. The Balaban J connectivity index is 1.78. The number of piperazine rings is 1. The summed E-state index contributed by atoms with van der Waals surface area (Å²) in [5, 5.41) is 1.26. The van der Waals surface area contributed by atoms with Crippen LogP contribution in [0.2, 0.25) is 0 Å². The largest absolute Gasteiger partial charge is 0.378 e. The normalized spacial score (nSPS) is 16.4. The van der Waals surface area contributed by atoms with E-state index in [1.165, 1.54) is 33.6 Å². The zero-order chi connectivity index (χ0) is 22.3. The summed E-state index contributed by atoms with van der Waals surface area (Å²) in [4.78, 5) is 9.41. The molecule has 3 heterocycles. The summed E-state index contributed by atoms with van der Waals surface area (Å²) in [5.41, 5.74) is 7.43. The van der Waals surface area contributed by atoms with Crippen LogP contribution in [0.3, 0.4) is 0 Å². The van der Waals surface area contributed by atoms with Crippen molar-refractivity contribution in [1.82, 2.24) is 18.9 Å².